The molecule has 0 spiro atoms. The number of esters is 5. The van der Waals surface area contributed by atoms with E-state index >= 15 is 0 Å². The lowest BCUT2D eigenvalue weighted by molar-refractivity contribution is -0.247. The maximum absolute atomic E-state index is 13.6. The van der Waals surface area contributed by atoms with Gasteiger partial charge in [-0.05, 0) is 158 Å². The van der Waals surface area contributed by atoms with Gasteiger partial charge in [0.2, 0.25) is 0 Å². The maximum atomic E-state index is 13.6. The third-order valence-corrected chi connectivity index (χ3v) is 36.4. The Bertz CT molecular complexity index is 5640. The number of carbonyl (C=O) groups excluding carboxylic acids is 5. The number of carbonyl (C=O) groups is 5. The zero-order chi connectivity index (χ0) is 108. The fourth-order valence-electron chi connectivity index (χ4n) is 20.9. The highest BCUT2D eigenvalue weighted by atomic mass is 32.3. The fourth-order valence-corrected chi connectivity index (χ4v) is 27.4. The van der Waals surface area contributed by atoms with E-state index in [2.05, 4.69) is 9.46 Å². The molecule has 16 aliphatic rings. The van der Waals surface area contributed by atoms with Gasteiger partial charge in [-0.3, -0.25) is 23.4 Å². The van der Waals surface area contributed by atoms with E-state index in [0.29, 0.717) is 75.4 Å². The zero-order valence-corrected chi connectivity index (χ0v) is 86.8. The third kappa shape index (κ3) is 29.6. The van der Waals surface area contributed by atoms with Crippen LogP contribution in [0.2, 0.25) is 0 Å². The number of piperidine rings is 1. The average Bonchev–Trinajstić information content (AvgIpc) is 1.41. The summed E-state index contributed by atoms with van der Waals surface area (Å²) in [6, 6.07) is 0. The molecule has 3 heterocycles. The van der Waals surface area contributed by atoms with E-state index < -0.39 is 304 Å². The minimum absolute atomic E-state index is 0. The largest absolute Gasteiger partial charge is 0.748 e. The number of fused-ring (bicyclic) bond motifs is 3. The van der Waals surface area contributed by atoms with Gasteiger partial charge in [-0.25, -0.2) is 76.5 Å². The maximum Gasteiger partial charge on any atom is 0.428 e. The number of ether oxygens (including phenoxy) is 5. The van der Waals surface area contributed by atoms with Crippen LogP contribution < -0.4 is 0 Å². The Balaban J connectivity index is 0.000000883. The molecular weight excluding hydrogens is 2270 g/mol. The van der Waals surface area contributed by atoms with Crippen LogP contribution in [-0.2, 0) is 143 Å². The average molecular weight is 2380 g/mol. The predicted octanol–water partition coefficient (Wildman–Crippen LogP) is 12.1. The van der Waals surface area contributed by atoms with Crippen molar-refractivity contribution in [2.75, 3.05) is 32.5 Å². The van der Waals surface area contributed by atoms with Gasteiger partial charge in [0.25, 0.3) is 20.1 Å². The molecule has 0 aromatic carbocycles. The molecule has 0 amide bonds. The summed E-state index contributed by atoms with van der Waals surface area (Å²) in [5.41, 5.74) is -2.54. The van der Waals surface area contributed by atoms with Crippen LogP contribution >= 0.6 is 0 Å². The second-order valence-electron chi connectivity index (χ2n) is 37.2. The van der Waals surface area contributed by atoms with Gasteiger partial charge in [-0.1, -0.05) is 25.7 Å². The van der Waals surface area contributed by atoms with Crippen LogP contribution in [0.15, 0.2) is 0 Å². The van der Waals surface area contributed by atoms with Crippen molar-refractivity contribution in [2.24, 2.45) is 64.6 Å². The standard InChI is InChI=1S/C19H26F4O7S.C15H20F4O6S.C15H21F3O5S.C9H10F2O8S2.C8H11F6NO5S2.C4H4F4NO2S.CH4O3S.7CH3/c20-18(21,19(22,23)31(26,27)28)9-8-14(24)29-15-12-6-7-13(10-12)16(15)30-17(25)11-4-2-1-3-5-11;16-14(17,15(18,19)26(22,23)24)2-1-11(20)25-13-6-9-3-10(7-13)5-12(21,4-9)8-13;16-12(15(17,18)24(20,21)22)1-2-23-13(19)14-6-9-3-10(7-14)5-11(4-9)8-14;10-9(11,21(15,16)17)8(12)18-6-3-1-4-5(2-3)20(13,14)19-7(4)6;9-6(10,8(13,14)22(18,19)20)7(11,12)21(16,17)15-4-2-1-3-5-15;5-3(6)1-2-9-12(10,11)4(3,7)8;1-5(2,3)4;;;;;;;/h11-13,15-16H,1-10H2,(H,26,27,28);9-10,21H,1-8H2,(H,22,23,24);9-12H,1-8H2,(H,20,21,22);3-7H,1-2H2,(H,15,16,17);1-5H2,(H,18,19,20);1-2H2;1H3,(H,2,3,4);7*1H3/q;;;;;-1;;7*+1/p-6. The van der Waals surface area contributed by atoms with Crippen molar-refractivity contribution in [3.05, 3.63) is 56.7 Å². The Labute approximate surface area is 841 Å². The molecule has 0 radical (unpaired) electrons. The Kier molecular flexibility index (Phi) is 45.4. The predicted molar refractivity (Wildman–Crippen MR) is 458 cm³/mol. The molecule has 70 heteroatoms. The molecular formula is C78H111F23N2O36S9. The highest BCUT2D eigenvalue weighted by Gasteiger charge is 2.81. The second-order valence-corrected chi connectivity index (χ2v) is 51.2. The molecule has 3 aliphatic heterocycles. The topological polar surface area (TPSA) is 624 Å². The molecule has 148 heavy (non-hydrogen) atoms. The monoisotopic (exact) mass is 2380 g/mol. The molecule has 0 aromatic rings. The molecule has 12 unspecified atom stereocenters. The molecule has 38 nitrogen and oxygen atoms in total. The van der Waals surface area contributed by atoms with Gasteiger partial charge in [0.05, 0.1) is 51.8 Å². The van der Waals surface area contributed by atoms with E-state index in [1.165, 1.54) is 0 Å². The number of alkyl halides is 23. The zero-order valence-electron chi connectivity index (χ0n) is 79.5. The second kappa shape index (κ2) is 48.0. The number of sulfonamides is 2. The van der Waals surface area contributed by atoms with Gasteiger partial charge in [0, 0.05) is 127 Å². The lowest BCUT2D eigenvalue weighted by atomic mass is 9.49. The quantitative estimate of drug-likeness (QED) is 0.0190. The molecule has 3 saturated heterocycles. The molecule has 864 valence electrons. The van der Waals surface area contributed by atoms with E-state index in [-0.39, 0.29) is 118 Å². The Morgan fingerprint density at radius 2 is 0.912 bits per heavy atom. The van der Waals surface area contributed by atoms with Gasteiger partial charge in [-0.15, -0.1) is 6.54 Å². The van der Waals surface area contributed by atoms with E-state index in [0.717, 1.165) is 83.5 Å². The number of rotatable bonds is 28. The number of halogens is 23. The molecule has 13 aliphatic carbocycles. The molecule has 12 bridgehead atoms. The first-order valence-corrected chi connectivity index (χ1v) is 55.6. The first-order valence-electron chi connectivity index (χ1n) is 42.4. The summed E-state index contributed by atoms with van der Waals surface area (Å²) in [5, 5.41) is -30.4. The fraction of sp³-hybridized carbons (Fsp3) is 0.846. The summed E-state index contributed by atoms with van der Waals surface area (Å²) < 4.78 is 582. The van der Waals surface area contributed by atoms with E-state index in [1.807, 2.05) is 0 Å². The first-order chi connectivity index (χ1) is 63.3. The van der Waals surface area contributed by atoms with Crippen LogP contribution in [0, 0.1) is 117 Å². The Hall–Kier alpha value is -6.02. The van der Waals surface area contributed by atoms with Crippen LogP contribution in [0.1, 0.15) is 199 Å². The SMILES string of the molecule is CS(=O)(=O)[O-].O=C(CCC(F)(F)C(F)(F)S(=O)(=O)[O-])OC12CC3CC(CC(O)(C3)C1)C2.O=C(CCC(F)(F)C(F)(F)S(=O)(=O)[O-])OC1C2CCC(C2)C1OC(=O)C1CCCCC1.O=C(OC1C2CC3C1OS(=O)(=O)C3C2)C(F)(F)S(=O)(=O)[O-].O=C(OCCC(F)C(F)(F)S(=O)(=O)[O-])C12CC3CC(CC(C3)C1)C2.O=S(=O)([O-])C(F)(F)C(F)(F)C(F)(F)S(=O)(=O)N1CCCCC1.O=S1(=O)[N-]CCC(F)(F)C1(F)F.[CH3+].[CH3+].[CH3+].[CH3+].[CH3+].[CH3+].[CH3+]. The molecule has 12 atom stereocenters. The Morgan fingerprint density at radius 1 is 0.493 bits per heavy atom. The highest BCUT2D eigenvalue weighted by Crippen LogP contribution is 2.63. The first kappa shape index (κ1) is 140. The van der Waals surface area contributed by atoms with Crippen LogP contribution in [0.5, 0.6) is 0 Å². The minimum atomic E-state index is -7.23. The van der Waals surface area contributed by atoms with Crippen molar-refractivity contribution in [1.82, 2.24) is 4.31 Å². The summed E-state index contributed by atoms with van der Waals surface area (Å²) in [4.78, 5) is 60.1. The van der Waals surface area contributed by atoms with Crippen LogP contribution in [0.3, 0.4) is 0 Å². The van der Waals surface area contributed by atoms with Crippen molar-refractivity contribution in [2.45, 2.75) is 307 Å². The summed E-state index contributed by atoms with van der Waals surface area (Å²) in [6.07, 6.45) is 1.26. The molecule has 16 rings (SSSR count). The number of hydrogen-bond donors (Lipinski definition) is 1. The van der Waals surface area contributed by atoms with Crippen LogP contribution in [0.25, 0.3) is 4.72 Å². The van der Waals surface area contributed by atoms with Crippen molar-refractivity contribution in [3.8, 4) is 0 Å². The normalized spacial score (nSPS) is 30.3. The van der Waals surface area contributed by atoms with Gasteiger partial charge < -0.3 is 60.8 Å². The number of hydrogen-bond acceptors (Lipinski definition) is 36. The smallest absolute Gasteiger partial charge is 0.428 e. The lowest BCUT2D eigenvalue weighted by Gasteiger charge is -2.59. The lowest BCUT2D eigenvalue weighted by Crippen LogP contribution is -2.63. The van der Waals surface area contributed by atoms with E-state index in [9.17, 15) is 220 Å². The van der Waals surface area contributed by atoms with Crippen molar-refractivity contribution in [1.29, 1.82) is 0 Å². The molecule has 16 fully saturated rings. The van der Waals surface area contributed by atoms with Gasteiger partial charge in [0.15, 0.2) is 56.8 Å². The summed E-state index contributed by atoms with van der Waals surface area (Å²) >= 11 is 0. The number of aliphatic hydroxyl groups is 1. The van der Waals surface area contributed by atoms with Crippen LogP contribution in [-0.4, -0.2) is 282 Å². The van der Waals surface area contributed by atoms with Gasteiger partial charge in [-0.2, -0.15) is 109 Å². The van der Waals surface area contributed by atoms with Gasteiger partial charge in [0.1, 0.15) is 40.0 Å². The molecule has 0 aromatic heterocycles. The van der Waals surface area contributed by atoms with E-state index in [1.54, 1.807) is 0 Å². The molecule has 13 saturated carbocycles. The highest BCUT2D eigenvalue weighted by molar-refractivity contribution is 7.95. The van der Waals surface area contributed by atoms with Gasteiger partial charge >= 0.3 is 90.3 Å². The number of nitrogens with zero attached hydrogens (tertiary/aromatic N) is 2. The Morgan fingerprint density at radius 3 is 1.32 bits per heavy atom. The van der Waals surface area contributed by atoms with E-state index in [4.69, 9.17) is 36.1 Å². The molecule has 1 N–H and O–H groups in total. The third-order valence-electron chi connectivity index (χ3n) is 26.7. The summed E-state index contributed by atoms with van der Waals surface area (Å²) in [7, 11) is -52.1. The van der Waals surface area contributed by atoms with Crippen LogP contribution in [0.4, 0.5) is 101 Å². The van der Waals surface area contributed by atoms with Crippen molar-refractivity contribution >= 4 is 121 Å². The minimum Gasteiger partial charge on any atom is -0.748 e. The van der Waals surface area contributed by atoms with Crippen molar-refractivity contribution < 1.29 is 261 Å². The summed E-state index contributed by atoms with van der Waals surface area (Å²) in [5.74, 6) is -27.2. The van der Waals surface area contributed by atoms with Crippen molar-refractivity contribution in [3.63, 3.8) is 0 Å². The summed E-state index contributed by atoms with van der Waals surface area (Å²) in [6.45, 7) is -2.66.